The van der Waals surface area contributed by atoms with Gasteiger partial charge in [0.2, 0.25) is 0 Å². The molecular formula is C19H23NO3S. The molecule has 2 aromatic rings. The summed E-state index contributed by atoms with van der Waals surface area (Å²) >= 11 is 0. The van der Waals surface area contributed by atoms with Gasteiger partial charge in [0, 0.05) is 22.8 Å². The lowest BCUT2D eigenvalue weighted by Crippen LogP contribution is -2.35. The SMILES string of the molecule is Cc1ccc(C)c(OCC(=O)NC(CS(C)=O)c2ccccc2)c1. The van der Waals surface area contributed by atoms with Gasteiger partial charge in [0.05, 0.1) is 6.04 Å². The van der Waals surface area contributed by atoms with E-state index in [0.29, 0.717) is 11.5 Å². The van der Waals surface area contributed by atoms with Gasteiger partial charge in [-0.25, -0.2) is 0 Å². The van der Waals surface area contributed by atoms with Crippen molar-refractivity contribution in [2.24, 2.45) is 0 Å². The minimum atomic E-state index is -1.01. The zero-order valence-electron chi connectivity index (χ0n) is 14.2. The van der Waals surface area contributed by atoms with E-state index >= 15 is 0 Å². The predicted octanol–water partition coefficient (Wildman–Crippen LogP) is 2.92. The molecule has 2 unspecified atom stereocenters. The zero-order chi connectivity index (χ0) is 17.5. The highest BCUT2D eigenvalue weighted by Crippen LogP contribution is 2.19. The summed E-state index contributed by atoms with van der Waals surface area (Å²) in [5.41, 5.74) is 3.01. The first kappa shape index (κ1) is 18.2. The largest absolute Gasteiger partial charge is 0.483 e. The second kappa shape index (κ2) is 8.64. The molecule has 5 heteroatoms. The summed E-state index contributed by atoms with van der Waals surface area (Å²) < 4.78 is 17.2. The van der Waals surface area contributed by atoms with Crippen molar-refractivity contribution in [1.29, 1.82) is 0 Å². The summed E-state index contributed by atoms with van der Waals surface area (Å²) in [6.45, 7) is 3.86. The van der Waals surface area contributed by atoms with Crippen LogP contribution in [0.1, 0.15) is 22.7 Å². The van der Waals surface area contributed by atoms with Crippen LogP contribution in [0.2, 0.25) is 0 Å². The van der Waals surface area contributed by atoms with E-state index in [2.05, 4.69) is 5.32 Å². The first-order valence-electron chi connectivity index (χ1n) is 7.80. The summed E-state index contributed by atoms with van der Waals surface area (Å²) in [6.07, 6.45) is 1.63. The first-order valence-corrected chi connectivity index (χ1v) is 9.53. The Morgan fingerprint density at radius 3 is 2.54 bits per heavy atom. The van der Waals surface area contributed by atoms with Gasteiger partial charge in [-0.2, -0.15) is 0 Å². The number of nitrogens with one attached hydrogen (secondary N) is 1. The summed E-state index contributed by atoms with van der Waals surface area (Å²) in [7, 11) is -1.01. The van der Waals surface area contributed by atoms with Gasteiger partial charge in [0.25, 0.3) is 5.91 Å². The summed E-state index contributed by atoms with van der Waals surface area (Å²) in [5, 5.41) is 2.91. The molecule has 1 amide bonds. The van der Waals surface area contributed by atoms with E-state index in [-0.39, 0.29) is 18.6 Å². The smallest absolute Gasteiger partial charge is 0.258 e. The Kier molecular flexibility index (Phi) is 6.55. The third-order valence-electron chi connectivity index (χ3n) is 3.64. The Bertz CT molecular complexity index is 716. The van der Waals surface area contributed by atoms with Crippen LogP contribution in [0.5, 0.6) is 5.75 Å². The molecule has 0 aliphatic rings. The van der Waals surface area contributed by atoms with Crippen LogP contribution in [0.25, 0.3) is 0 Å². The molecule has 0 bridgehead atoms. The highest BCUT2D eigenvalue weighted by atomic mass is 32.2. The standard InChI is InChI=1S/C19H23NO3S/c1-14-9-10-15(2)18(11-14)23-12-19(21)20-17(13-24(3)22)16-7-5-4-6-8-16/h4-11,17H,12-13H2,1-3H3,(H,20,21). The molecule has 128 valence electrons. The van der Waals surface area contributed by atoms with Crippen molar-refractivity contribution in [2.75, 3.05) is 18.6 Å². The van der Waals surface area contributed by atoms with Crippen molar-refractivity contribution in [3.63, 3.8) is 0 Å². The molecule has 0 saturated heterocycles. The fourth-order valence-corrected chi connectivity index (χ4v) is 3.13. The molecule has 2 rings (SSSR count). The van der Waals surface area contributed by atoms with Crippen molar-refractivity contribution < 1.29 is 13.7 Å². The molecule has 4 nitrogen and oxygen atoms in total. The van der Waals surface area contributed by atoms with E-state index in [4.69, 9.17) is 4.74 Å². The van der Waals surface area contributed by atoms with Gasteiger partial charge in [-0.15, -0.1) is 0 Å². The van der Waals surface area contributed by atoms with Gasteiger partial charge in [0.15, 0.2) is 6.61 Å². The molecule has 2 aromatic carbocycles. The van der Waals surface area contributed by atoms with E-state index in [0.717, 1.165) is 16.7 Å². The zero-order valence-corrected chi connectivity index (χ0v) is 15.1. The topological polar surface area (TPSA) is 55.4 Å². The number of hydrogen-bond donors (Lipinski definition) is 1. The summed E-state index contributed by atoms with van der Waals surface area (Å²) in [4.78, 5) is 12.2. The van der Waals surface area contributed by atoms with Gasteiger partial charge in [-0.3, -0.25) is 9.00 Å². The lowest BCUT2D eigenvalue weighted by Gasteiger charge is -2.18. The van der Waals surface area contributed by atoms with Crippen LogP contribution < -0.4 is 10.1 Å². The summed E-state index contributed by atoms with van der Waals surface area (Å²) in [6, 6.07) is 15.2. The molecule has 0 fully saturated rings. The maximum atomic E-state index is 12.2. The molecule has 0 radical (unpaired) electrons. The van der Waals surface area contributed by atoms with Crippen LogP contribution in [0, 0.1) is 13.8 Å². The number of benzene rings is 2. The van der Waals surface area contributed by atoms with Crippen LogP contribution in [0.4, 0.5) is 0 Å². The molecule has 0 heterocycles. The maximum absolute atomic E-state index is 12.2. The molecule has 1 N–H and O–H groups in total. The Balaban J connectivity index is 2.00. The fraction of sp³-hybridized carbons (Fsp3) is 0.316. The van der Waals surface area contributed by atoms with Crippen molar-refractivity contribution in [3.8, 4) is 5.75 Å². The highest BCUT2D eigenvalue weighted by molar-refractivity contribution is 7.84. The second-order valence-electron chi connectivity index (χ2n) is 5.83. The van der Waals surface area contributed by atoms with Gasteiger partial charge in [-0.1, -0.05) is 42.5 Å². The third kappa shape index (κ3) is 5.49. The lowest BCUT2D eigenvalue weighted by atomic mass is 10.1. The Hall–Kier alpha value is -2.14. The maximum Gasteiger partial charge on any atom is 0.258 e. The Morgan fingerprint density at radius 1 is 1.17 bits per heavy atom. The van der Waals surface area contributed by atoms with Crippen LogP contribution >= 0.6 is 0 Å². The lowest BCUT2D eigenvalue weighted by molar-refractivity contribution is -0.123. The van der Waals surface area contributed by atoms with Crippen LogP contribution in [0.15, 0.2) is 48.5 Å². The number of hydrogen-bond acceptors (Lipinski definition) is 3. The van der Waals surface area contributed by atoms with Gasteiger partial charge in [-0.05, 0) is 36.6 Å². The number of carbonyl (C=O) groups is 1. The fourth-order valence-electron chi connectivity index (χ4n) is 2.38. The predicted molar refractivity (Wildman–Crippen MR) is 97.7 cm³/mol. The number of aryl methyl sites for hydroxylation is 2. The van der Waals surface area contributed by atoms with Crippen molar-refractivity contribution >= 4 is 16.7 Å². The van der Waals surface area contributed by atoms with E-state index in [1.54, 1.807) is 6.26 Å². The van der Waals surface area contributed by atoms with Crippen molar-refractivity contribution in [2.45, 2.75) is 19.9 Å². The Morgan fingerprint density at radius 2 is 1.88 bits per heavy atom. The molecule has 2 atom stereocenters. The molecule has 24 heavy (non-hydrogen) atoms. The van der Waals surface area contributed by atoms with Gasteiger partial charge >= 0.3 is 0 Å². The van der Waals surface area contributed by atoms with E-state index in [1.807, 2.05) is 62.4 Å². The Labute approximate surface area is 145 Å². The number of carbonyl (C=O) groups excluding carboxylic acids is 1. The monoisotopic (exact) mass is 345 g/mol. The molecule has 0 saturated carbocycles. The molecular weight excluding hydrogens is 322 g/mol. The number of ether oxygens (including phenoxy) is 1. The van der Waals surface area contributed by atoms with Crippen LogP contribution in [-0.4, -0.2) is 28.7 Å². The molecule has 0 aliphatic heterocycles. The van der Waals surface area contributed by atoms with Crippen LogP contribution in [0.3, 0.4) is 0 Å². The first-order chi connectivity index (χ1) is 11.5. The minimum Gasteiger partial charge on any atom is -0.483 e. The van der Waals surface area contributed by atoms with Gasteiger partial charge in [0.1, 0.15) is 5.75 Å². The highest BCUT2D eigenvalue weighted by Gasteiger charge is 2.16. The second-order valence-corrected chi connectivity index (χ2v) is 7.31. The number of rotatable bonds is 7. The third-order valence-corrected chi connectivity index (χ3v) is 4.44. The summed E-state index contributed by atoms with van der Waals surface area (Å²) in [5.74, 6) is 0.856. The van der Waals surface area contributed by atoms with Crippen molar-refractivity contribution in [3.05, 3.63) is 65.2 Å². The minimum absolute atomic E-state index is 0.0655. The molecule has 0 aromatic heterocycles. The quantitative estimate of drug-likeness (QED) is 0.839. The average molecular weight is 345 g/mol. The number of amides is 1. The van der Waals surface area contributed by atoms with Crippen molar-refractivity contribution in [1.82, 2.24) is 5.32 Å². The average Bonchev–Trinajstić information content (AvgIpc) is 2.55. The molecule has 0 aliphatic carbocycles. The van der Waals surface area contributed by atoms with Crippen LogP contribution in [-0.2, 0) is 15.6 Å². The van der Waals surface area contributed by atoms with E-state index < -0.39 is 10.8 Å². The van der Waals surface area contributed by atoms with Gasteiger partial charge < -0.3 is 10.1 Å². The normalized spacial score (nSPS) is 13.1. The molecule has 0 spiro atoms. The van der Waals surface area contributed by atoms with E-state index in [1.165, 1.54) is 0 Å². The van der Waals surface area contributed by atoms with E-state index in [9.17, 15) is 9.00 Å².